The number of rotatable bonds is 1. The van der Waals surface area contributed by atoms with Gasteiger partial charge < -0.3 is 10.1 Å². The van der Waals surface area contributed by atoms with Crippen LogP contribution in [-0.2, 0) is 12.8 Å². The fourth-order valence-corrected chi connectivity index (χ4v) is 2.21. The van der Waals surface area contributed by atoms with Crippen molar-refractivity contribution >= 4 is 11.6 Å². The number of H-pyrrole nitrogens is 1. The highest BCUT2D eigenvalue weighted by atomic mass is 16.4. The summed E-state index contributed by atoms with van der Waals surface area (Å²) < 4.78 is 1.04. The highest BCUT2D eigenvalue weighted by Crippen LogP contribution is 2.21. The normalized spacial score (nSPS) is 14.8. The molecule has 0 fully saturated rings. The van der Waals surface area contributed by atoms with Gasteiger partial charge in [0.15, 0.2) is 5.65 Å². The Morgan fingerprint density at radius 3 is 2.88 bits per heavy atom. The van der Waals surface area contributed by atoms with Crippen LogP contribution in [-0.4, -0.2) is 30.7 Å². The Balaban J connectivity index is 2.37. The molecule has 1 aliphatic rings. The second-order valence-electron chi connectivity index (χ2n) is 4.07. The highest BCUT2D eigenvalue weighted by molar-refractivity contribution is 5.83. The lowest BCUT2D eigenvalue weighted by Gasteiger charge is -2.14. The predicted octanol–water partition coefficient (Wildman–Crippen LogP) is -0.00540. The van der Waals surface area contributed by atoms with E-state index in [2.05, 4.69) is 15.1 Å². The minimum absolute atomic E-state index is 0.338. The van der Waals surface area contributed by atoms with Gasteiger partial charge in [0.2, 0.25) is 0 Å². The van der Waals surface area contributed by atoms with Crippen molar-refractivity contribution in [1.82, 2.24) is 19.6 Å². The summed E-state index contributed by atoms with van der Waals surface area (Å²) in [6, 6.07) is 0. The zero-order valence-electron chi connectivity index (χ0n) is 8.93. The molecule has 3 rings (SSSR count). The first-order valence-corrected chi connectivity index (χ1v) is 5.41. The van der Waals surface area contributed by atoms with Gasteiger partial charge in [-0.2, -0.15) is 4.52 Å². The molecule has 0 saturated heterocycles. The van der Waals surface area contributed by atoms with Crippen LogP contribution in [0.4, 0.5) is 0 Å². The predicted molar refractivity (Wildman–Crippen MR) is 57.2 cm³/mol. The topological polar surface area (TPSA) is 100 Å². The first-order chi connectivity index (χ1) is 8.16. The molecular formula is C10H10N4O3. The molecule has 2 heterocycles. The lowest BCUT2D eigenvalue weighted by Crippen LogP contribution is -2.23. The molecule has 2 N–H and O–H groups in total. The second kappa shape index (κ2) is 3.41. The average Bonchev–Trinajstić information content (AvgIpc) is 2.75. The Bertz CT molecular complexity index is 670. The van der Waals surface area contributed by atoms with Crippen LogP contribution in [0.5, 0.6) is 0 Å². The van der Waals surface area contributed by atoms with Crippen LogP contribution in [0.15, 0.2) is 4.79 Å². The fraction of sp³-hybridized carbons (Fsp3) is 0.400. The number of aryl methyl sites for hydroxylation is 2. The third-order valence-electron chi connectivity index (χ3n) is 2.99. The van der Waals surface area contributed by atoms with Gasteiger partial charge in [-0.3, -0.25) is 0 Å². The number of nitrogens with zero attached hydrogens (tertiary/aromatic N) is 3. The molecule has 0 saturated carbocycles. The molecule has 0 radical (unpaired) electrons. The lowest BCUT2D eigenvalue weighted by molar-refractivity contribution is 0.0684. The van der Waals surface area contributed by atoms with E-state index in [9.17, 15) is 9.59 Å². The SMILES string of the molecule is O=C(O)c1nc2c3c([nH]c(=O)n2n1)CCCC3. The van der Waals surface area contributed by atoms with E-state index >= 15 is 0 Å². The Morgan fingerprint density at radius 2 is 2.12 bits per heavy atom. The molecule has 0 aromatic carbocycles. The molecule has 0 atom stereocenters. The first-order valence-electron chi connectivity index (χ1n) is 5.41. The minimum atomic E-state index is -1.22. The molecule has 17 heavy (non-hydrogen) atoms. The Labute approximate surface area is 95.1 Å². The highest BCUT2D eigenvalue weighted by Gasteiger charge is 2.20. The van der Waals surface area contributed by atoms with Crippen molar-refractivity contribution in [1.29, 1.82) is 0 Å². The van der Waals surface area contributed by atoms with Gasteiger partial charge in [0.1, 0.15) is 0 Å². The molecule has 0 amide bonds. The van der Waals surface area contributed by atoms with Gasteiger partial charge in [-0.25, -0.2) is 14.6 Å². The summed E-state index contributed by atoms with van der Waals surface area (Å²) in [6.07, 6.45) is 3.65. The van der Waals surface area contributed by atoms with Crippen LogP contribution in [0.3, 0.4) is 0 Å². The maximum atomic E-state index is 11.7. The first kappa shape index (κ1) is 10.0. The van der Waals surface area contributed by atoms with Crippen LogP contribution >= 0.6 is 0 Å². The number of carboxylic acid groups (broad SMARTS) is 1. The minimum Gasteiger partial charge on any atom is -0.475 e. The van der Waals surface area contributed by atoms with Crippen molar-refractivity contribution < 1.29 is 9.90 Å². The van der Waals surface area contributed by atoms with Crippen LogP contribution in [0.25, 0.3) is 5.65 Å². The third-order valence-corrected chi connectivity index (χ3v) is 2.99. The van der Waals surface area contributed by atoms with E-state index in [1.54, 1.807) is 0 Å². The standard InChI is InChI=1S/C10H10N4O3/c15-9(16)7-12-8-5-3-1-2-4-6(5)11-10(17)14(8)13-7/h1-4H2,(H,11,17)(H,15,16). The van der Waals surface area contributed by atoms with Crippen molar-refractivity contribution in [2.24, 2.45) is 0 Å². The Morgan fingerprint density at radius 1 is 1.35 bits per heavy atom. The lowest BCUT2D eigenvalue weighted by atomic mass is 9.97. The molecule has 0 unspecified atom stereocenters. The molecular weight excluding hydrogens is 224 g/mol. The largest absolute Gasteiger partial charge is 0.475 e. The van der Waals surface area contributed by atoms with E-state index in [-0.39, 0.29) is 5.82 Å². The number of fused-ring (bicyclic) bond motifs is 3. The number of aromatic carboxylic acids is 1. The van der Waals surface area contributed by atoms with Crippen LogP contribution in [0.1, 0.15) is 34.7 Å². The molecule has 7 heteroatoms. The summed E-state index contributed by atoms with van der Waals surface area (Å²) in [6.45, 7) is 0. The number of aromatic amines is 1. The number of nitrogens with one attached hydrogen (secondary N) is 1. The smallest absolute Gasteiger partial charge is 0.375 e. The fourth-order valence-electron chi connectivity index (χ4n) is 2.21. The van der Waals surface area contributed by atoms with Crippen LogP contribution < -0.4 is 5.69 Å². The number of aromatic nitrogens is 4. The van der Waals surface area contributed by atoms with Crippen molar-refractivity contribution in [2.75, 3.05) is 0 Å². The van der Waals surface area contributed by atoms with Crippen molar-refractivity contribution in [3.63, 3.8) is 0 Å². The molecule has 0 spiro atoms. The van der Waals surface area contributed by atoms with E-state index in [0.29, 0.717) is 5.65 Å². The average molecular weight is 234 g/mol. The van der Waals surface area contributed by atoms with Crippen LogP contribution in [0.2, 0.25) is 0 Å². The van der Waals surface area contributed by atoms with Gasteiger partial charge in [-0.15, -0.1) is 5.10 Å². The second-order valence-corrected chi connectivity index (χ2v) is 4.07. The van der Waals surface area contributed by atoms with E-state index in [4.69, 9.17) is 5.11 Å². The molecule has 7 nitrogen and oxygen atoms in total. The molecule has 88 valence electrons. The summed E-state index contributed by atoms with van der Waals surface area (Å²) in [4.78, 5) is 29.2. The monoisotopic (exact) mass is 234 g/mol. The number of carboxylic acids is 1. The molecule has 0 aliphatic heterocycles. The Hall–Kier alpha value is -2.18. The number of hydrogen-bond donors (Lipinski definition) is 2. The quantitative estimate of drug-likeness (QED) is 0.723. The van der Waals surface area contributed by atoms with Gasteiger partial charge in [0.05, 0.1) is 0 Å². The van der Waals surface area contributed by atoms with Crippen LogP contribution in [0, 0.1) is 0 Å². The zero-order valence-corrected chi connectivity index (χ0v) is 8.93. The van der Waals surface area contributed by atoms with Gasteiger partial charge >= 0.3 is 11.7 Å². The van der Waals surface area contributed by atoms with Gasteiger partial charge in [-0.1, -0.05) is 0 Å². The maximum absolute atomic E-state index is 11.7. The molecule has 1 aliphatic carbocycles. The Kier molecular flexibility index (Phi) is 2.01. The van der Waals surface area contributed by atoms with E-state index < -0.39 is 11.7 Å². The van der Waals surface area contributed by atoms with Gasteiger partial charge in [-0.05, 0) is 25.7 Å². The summed E-state index contributed by atoms with van der Waals surface area (Å²) >= 11 is 0. The molecule has 2 aromatic heterocycles. The zero-order chi connectivity index (χ0) is 12.0. The van der Waals surface area contributed by atoms with Gasteiger partial charge in [0, 0.05) is 11.3 Å². The maximum Gasteiger partial charge on any atom is 0.375 e. The molecule has 2 aromatic rings. The van der Waals surface area contributed by atoms with Gasteiger partial charge in [0.25, 0.3) is 5.82 Å². The van der Waals surface area contributed by atoms with E-state index in [0.717, 1.165) is 41.5 Å². The summed E-state index contributed by atoms with van der Waals surface area (Å²) in [7, 11) is 0. The number of hydrogen-bond acceptors (Lipinski definition) is 4. The van der Waals surface area contributed by atoms with Crippen molar-refractivity contribution in [3.05, 3.63) is 27.6 Å². The third kappa shape index (κ3) is 1.42. The van der Waals surface area contributed by atoms with E-state index in [1.165, 1.54) is 0 Å². The summed E-state index contributed by atoms with van der Waals surface area (Å²) in [5, 5.41) is 12.5. The van der Waals surface area contributed by atoms with Crippen molar-refractivity contribution in [2.45, 2.75) is 25.7 Å². The summed E-state index contributed by atoms with van der Waals surface area (Å²) in [5.41, 5.74) is 1.72. The van der Waals surface area contributed by atoms with E-state index in [1.807, 2.05) is 0 Å². The van der Waals surface area contributed by atoms with Crippen molar-refractivity contribution in [3.8, 4) is 0 Å². The summed E-state index contributed by atoms with van der Waals surface area (Å²) in [5.74, 6) is -1.56. The number of carbonyl (C=O) groups is 1. The molecule has 0 bridgehead atoms.